The Balaban J connectivity index is 2.04. The number of nitro benzene ring substituents is 1. The molecule has 2 rings (SSSR count). The third-order valence-electron chi connectivity index (χ3n) is 4.76. The fourth-order valence-corrected chi connectivity index (χ4v) is 4.34. The summed E-state index contributed by atoms with van der Waals surface area (Å²) >= 11 is 1.45. The molecule has 0 radical (unpaired) electrons. The average molecular weight is 409 g/mol. The zero-order chi connectivity index (χ0) is 20.7. The number of likely N-dealkylation sites (tertiary alicyclic amines) is 1. The highest BCUT2D eigenvalue weighted by molar-refractivity contribution is 7.99. The summed E-state index contributed by atoms with van der Waals surface area (Å²) in [5, 5.41) is 11.5. The SMILES string of the molecule is CCOC(=O)C1CCN(C(=O)c2ccc(SCCC(C)C)c([N+](=O)[O-])c2)CC1. The molecule has 0 spiro atoms. The minimum absolute atomic E-state index is 0.0268. The van der Waals surface area contributed by atoms with E-state index < -0.39 is 4.92 Å². The van der Waals surface area contributed by atoms with E-state index in [1.165, 1.54) is 17.8 Å². The monoisotopic (exact) mass is 408 g/mol. The fourth-order valence-electron chi connectivity index (χ4n) is 3.08. The van der Waals surface area contributed by atoms with Gasteiger partial charge in [0.1, 0.15) is 0 Å². The van der Waals surface area contributed by atoms with Gasteiger partial charge in [0.05, 0.1) is 22.3 Å². The molecule has 154 valence electrons. The number of piperidine rings is 1. The molecule has 0 aromatic heterocycles. The summed E-state index contributed by atoms with van der Waals surface area (Å²) in [6.45, 7) is 7.24. The van der Waals surface area contributed by atoms with Gasteiger partial charge in [-0.15, -0.1) is 11.8 Å². The molecule has 1 aliphatic heterocycles. The number of carbonyl (C=O) groups is 2. The van der Waals surface area contributed by atoms with Crippen LogP contribution in [-0.2, 0) is 9.53 Å². The van der Waals surface area contributed by atoms with E-state index in [1.807, 2.05) is 0 Å². The van der Waals surface area contributed by atoms with E-state index in [-0.39, 0.29) is 23.5 Å². The van der Waals surface area contributed by atoms with Crippen molar-refractivity contribution in [3.63, 3.8) is 0 Å². The highest BCUT2D eigenvalue weighted by Gasteiger charge is 2.29. The summed E-state index contributed by atoms with van der Waals surface area (Å²) in [5.41, 5.74) is 0.288. The summed E-state index contributed by atoms with van der Waals surface area (Å²) in [7, 11) is 0. The molecule has 1 heterocycles. The lowest BCUT2D eigenvalue weighted by molar-refractivity contribution is -0.387. The molecule has 8 heteroatoms. The number of esters is 1. The molecule has 0 saturated carbocycles. The predicted octanol–water partition coefficient (Wildman–Crippen LogP) is 4.15. The van der Waals surface area contributed by atoms with Crippen LogP contribution in [0, 0.1) is 22.0 Å². The molecule has 28 heavy (non-hydrogen) atoms. The predicted molar refractivity (Wildman–Crippen MR) is 109 cm³/mol. The van der Waals surface area contributed by atoms with Crippen LogP contribution in [0.2, 0.25) is 0 Å². The zero-order valence-electron chi connectivity index (χ0n) is 16.7. The molecule has 1 amide bonds. The molecule has 0 N–H and O–H groups in total. The number of nitrogens with zero attached hydrogens (tertiary/aromatic N) is 2. The number of carbonyl (C=O) groups excluding carboxylic acids is 2. The number of thioether (sulfide) groups is 1. The summed E-state index contributed by atoms with van der Waals surface area (Å²) in [6, 6.07) is 4.70. The Hall–Kier alpha value is -2.09. The minimum Gasteiger partial charge on any atom is -0.466 e. The largest absolute Gasteiger partial charge is 0.466 e. The molecule has 7 nitrogen and oxygen atoms in total. The molecule has 0 atom stereocenters. The van der Waals surface area contributed by atoms with Crippen molar-refractivity contribution in [1.29, 1.82) is 0 Å². The lowest BCUT2D eigenvalue weighted by atomic mass is 9.96. The van der Waals surface area contributed by atoms with Crippen molar-refractivity contribution in [3.05, 3.63) is 33.9 Å². The second-order valence-corrected chi connectivity index (χ2v) is 8.43. The highest BCUT2D eigenvalue weighted by Crippen LogP contribution is 2.32. The van der Waals surface area contributed by atoms with Gasteiger partial charge < -0.3 is 9.64 Å². The van der Waals surface area contributed by atoms with Gasteiger partial charge >= 0.3 is 5.97 Å². The number of hydrogen-bond acceptors (Lipinski definition) is 6. The first kappa shape index (κ1) is 22.2. The smallest absolute Gasteiger partial charge is 0.309 e. The van der Waals surface area contributed by atoms with Crippen molar-refractivity contribution in [2.45, 2.75) is 44.9 Å². The van der Waals surface area contributed by atoms with Crippen LogP contribution in [0.15, 0.2) is 23.1 Å². The Labute approximate surface area is 170 Å². The average Bonchev–Trinajstić information content (AvgIpc) is 2.67. The Morgan fingerprint density at radius 2 is 2.00 bits per heavy atom. The number of hydrogen-bond donors (Lipinski definition) is 0. The van der Waals surface area contributed by atoms with Crippen molar-refractivity contribution in [1.82, 2.24) is 4.90 Å². The molecule has 0 unspecified atom stereocenters. The van der Waals surface area contributed by atoms with Gasteiger partial charge in [0.15, 0.2) is 0 Å². The number of nitro groups is 1. The van der Waals surface area contributed by atoms with Gasteiger partial charge in [0.25, 0.3) is 11.6 Å². The summed E-state index contributed by atoms with van der Waals surface area (Å²) in [6.07, 6.45) is 2.07. The van der Waals surface area contributed by atoms with E-state index in [0.717, 1.165) is 12.2 Å². The quantitative estimate of drug-likeness (QED) is 0.278. The van der Waals surface area contributed by atoms with Gasteiger partial charge in [-0.05, 0) is 50.0 Å². The van der Waals surface area contributed by atoms with Crippen LogP contribution in [0.1, 0.15) is 50.4 Å². The first-order valence-corrected chi connectivity index (χ1v) is 10.7. The highest BCUT2D eigenvalue weighted by atomic mass is 32.2. The van der Waals surface area contributed by atoms with Crippen LogP contribution in [0.5, 0.6) is 0 Å². The molecule has 1 aromatic rings. The summed E-state index contributed by atoms with van der Waals surface area (Å²) < 4.78 is 5.04. The van der Waals surface area contributed by atoms with Crippen molar-refractivity contribution in [2.75, 3.05) is 25.4 Å². The van der Waals surface area contributed by atoms with E-state index >= 15 is 0 Å². The number of benzene rings is 1. The van der Waals surface area contributed by atoms with Crippen LogP contribution in [0.4, 0.5) is 5.69 Å². The number of amides is 1. The number of rotatable bonds is 8. The lowest BCUT2D eigenvalue weighted by Crippen LogP contribution is -2.40. The maximum atomic E-state index is 12.8. The van der Waals surface area contributed by atoms with Gasteiger partial charge in [-0.25, -0.2) is 0 Å². The molecule has 1 aromatic carbocycles. The van der Waals surface area contributed by atoms with Crippen LogP contribution >= 0.6 is 11.8 Å². The van der Waals surface area contributed by atoms with Crippen LogP contribution in [0.3, 0.4) is 0 Å². The Bertz CT molecular complexity index is 715. The zero-order valence-corrected chi connectivity index (χ0v) is 17.5. The maximum absolute atomic E-state index is 12.8. The normalized spacial score (nSPS) is 14.9. The standard InChI is InChI=1S/C20H28N2O5S/c1-4-27-20(24)15-7-10-21(11-8-15)19(23)16-5-6-18(17(13-16)22(25)26)28-12-9-14(2)3/h5-6,13-15H,4,7-12H2,1-3H3. The third-order valence-corrected chi connectivity index (χ3v) is 5.85. The molecular formula is C20H28N2O5S. The second kappa shape index (κ2) is 10.5. The Kier molecular flexibility index (Phi) is 8.29. The van der Waals surface area contributed by atoms with Gasteiger partial charge in [-0.1, -0.05) is 13.8 Å². The molecule has 1 saturated heterocycles. The van der Waals surface area contributed by atoms with Crippen LogP contribution in [-0.4, -0.2) is 47.1 Å². The first-order chi connectivity index (χ1) is 13.3. The summed E-state index contributed by atoms with van der Waals surface area (Å²) in [4.78, 5) is 37.9. The van der Waals surface area contributed by atoms with E-state index in [4.69, 9.17) is 4.74 Å². The van der Waals surface area contributed by atoms with Crippen molar-refractivity contribution in [2.24, 2.45) is 11.8 Å². The van der Waals surface area contributed by atoms with Crippen molar-refractivity contribution >= 4 is 29.3 Å². The lowest BCUT2D eigenvalue weighted by Gasteiger charge is -2.31. The molecule has 0 bridgehead atoms. The molecule has 1 aliphatic rings. The van der Waals surface area contributed by atoms with E-state index in [0.29, 0.717) is 48.9 Å². The van der Waals surface area contributed by atoms with Gasteiger partial charge in [0, 0.05) is 24.7 Å². The molecular weight excluding hydrogens is 380 g/mol. The third kappa shape index (κ3) is 5.95. The molecule has 0 aliphatic carbocycles. The molecule has 1 fully saturated rings. The summed E-state index contributed by atoms with van der Waals surface area (Å²) in [5.74, 6) is 0.702. The number of ether oxygens (including phenoxy) is 1. The van der Waals surface area contributed by atoms with Gasteiger partial charge in [-0.2, -0.15) is 0 Å². The van der Waals surface area contributed by atoms with E-state index in [9.17, 15) is 19.7 Å². The van der Waals surface area contributed by atoms with Crippen LogP contribution in [0.25, 0.3) is 0 Å². The second-order valence-electron chi connectivity index (χ2n) is 7.29. The van der Waals surface area contributed by atoms with Crippen molar-refractivity contribution < 1.29 is 19.2 Å². The van der Waals surface area contributed by atoms with Crippen molar-refractivity contribution in [3.8, 4) is 0 Å². The topological polar surface area (TPSA) is 89.8 Å². The van der Waals surface area contributed by atoms with Gasteiger partial charge in [0.2, 0.25) is 0 Å². The Morgan fingerprint density at radius 1 is 1.32 bits per heavy atom. The first-order valence-electron chi connectivity index (χ1n) is 9.70. The fraction of sp³-hybridized carbons (Fsp3) is 0.600. The van der Waals surface area contributed by atoms with Gasteiger partial charge in [-0.3, -0.25) is 19.7 Å². The van der Waals surface area contributed by atoms with Crippen LogP contribution < -0.4 is 0 Å². The minimum atomic E-state index is -0.429. The maximum Gasteiger partial charge on any atom is 0.309 e. The van der Waals surface area contributed by atoms with E-state index in [2.05, 4.69) is 13.8 Å². The Morgan fingerprint density at radius 3 is 2.57 bits per heavy atom. The van der Waals surface area contributed by atoms with E-state index in [1.54, 1.807) is 24.0 Å².